The van der Waals surface area contributed by atoms with Crippen molar-refractivity contribution in [1.82, 2.24) is 15.3 Å². The number of rotatable bonds is 4. The van der Waals surface area contributed by atoms with Crippen LogP contribution in [0.5, 0.6) is 0 Å². The van der Waals surface area contributed by atoms with Crippen LogP contribution in [0.1, 0.15) is 45.7 Å². The molecular formula is C16H23N5O2. The molecule has 0 bridgehead atoms. The van der Waals surface area contributed by atoms with Crippen molar-refractivity contribution in [2.75, 3.05) is 11.9 Å². The Morgan fingerprint density at radius 1 is 1.39 bits per heavy atom. The zero-order chi connectivity index (χ0) is 16.9. The summed E-state index contributed by atoms with van der Waals surface area (Å²) < 4.78 is 5.25. The summed E-state index contributed by atoms with van der Waals surface area (Å²) in [7, 11) is 0. The Morgan fingerprint density at radius 2 is 2.17 bits per heavy atom. The van der Waals surface area contributed by atoms with E-state index in [1.165, 1.54) is 6.20 Å². The Balaban J connectivity index is 1.85. The van der Waals surface area contributed by atoms with Gasteiger partial charge in [-0.2, -0.15) is 5.26 Å². The number of hydrogen-bond donors (Lipinski definition) is 2. The number of hydrogen-bond acceptors (Lipinski definition) is 6. The molecule has 23 heavy (non-hydrogen) atoms. The smallest absolute Gasteiger partial charge is 0.407 e. The van der Waals surface area contributed by atoms with Gasteiger partial charge >= 0.3 is 6.09 Å². The summed E-state index contributed by atoms with van der Waals surface area (Å²) >= 11 is 0. The van der Waals surface area contributed by atoms with E-state index < -0.39 is 5.60 Å². The van der Waals surface area contributed by atoms with E-state index in [2.05, 4.69) is 20.6 Å². The molecule has 1 aliphatic rings. The summed E-state index contributed by atoms with van der Waals surface area (Å²) in [4.78, 5) is 19.9. The number of amides is 1. The van der Waals surface area contributed by atoms with Crippen molar-refractivity contribution in [2.45, 2.75) is 51.7 Å². The number of alkyl carbamates (subject to hydrolysis) is 1. The quantitative estimate of drug-likeness (QED) is 0.884. The first-order chi connectivity index (χ1) is 10.9. The minimum atomic E-state index is -0.491. The van der Waals surface area contributed by atoms with Crippen LogP contribution in [0.25, 0.3) is 0 Å². The van der Waals surface area contributed by atoms with Gasteiger partial charge in [0.2, 0.25) is 0 Å². The van der Waals surface area contributed by atoms with Gasteiger partial charge in [0.25, 0.3) is 0 Å². The van der Waals surface area contributed by atoms with Gasteiger partial charge in [0.1, 0.15) is 17.5 Å². The van der Waals surface area contributed by atoms with E-state index >= 15 is 0 Å². The van der Waals surface area contributed by atoms with E-state index in [0.29, 0.717) is 24.0 Å². The number of nitrogens with zero attached hydrogens (tertiary/aromatic N) is 3. The first kappa shape index (κ1) is 17.0. The number of nitriles is 1. The standard InChI is InChI=1S/C16H23N5O2/c1-16(2,3)23-15(22)20-8-11-5-4-6-13(11)21-14-10-18-12(7-17)9-19-14/h9-11,13H,4-6,8H2,1-3H3,(H,19,21)(H,20,22). The Hall–Kier alpha value is -2.36. The van der Waals surface area contributed by atoms with Crippen LogP contribution in [-0.2, 0) is 4.74 Å². The molecule has 1 aliphatic carbocycles. The van der Waals surface area contributed by atoms with E-state index in [0.717, 1.165) is 19.3 Å². The zero-order valence-corrected chi connectivity index (χ0v) is 13.8. The molecule has 1 fully saturated rings. The number of carbonyl (C=O) groups excluding carboxylic acids is 1. The van der Waals surface area contributed by atoms with Crippen LogP contribution in [0.15, 0.2) is 12.4 Å². The van der Waals surface area contributed by atoms with Crippen LogP contribution in [0.4, 0.5) is 10.6 Å². The predicted octanol–water partition coefficient (Wildman–Crippen LogP) is 2.45. The van der Waals surface area contributed by atoms with Gasteiger partial charge in [-0.1, -0.05) is 6.42 Å². The van der Waals surface area contributed by atoms with Crippen molar-refractivity contribution in [3.05, 3.63) is 18.1 Å². The van der Waals surface area contributed by atoms with Crippen LogP contribution < -0.4 is 10.6 Å². The maximum absolute atomic E-state index is 11.7. The molecule has 124 valence electrons. The topological polar surface area (TPSA) is 99.9 Å². The lowest BCUT2D eigenvalue weighted by Crippen LogP contribution is -2.38. The monoisotopic (exact) mass is 317 g/mol. The fraction of sp³-hybridized carbons (Fsp3) is 0.625. The highest BCUT2D eigenvalue weighted by Crippen LogP contribution is 2.27. The lowest BCUT2D eigenvalue weighted by Gasteiger charge is -2.23. The van der Waals surface area contributed by atoms with Gasteiger partial charge in [-0.05, 0) is 39.5 Å². The van der Waals surface area contributed by atoms with Crippen LogP contribution in [-0.4, -0.2) is 34.2 Å². The first-order valence-corrected chi connectivity index (χ1v) is 7.83. The first-order valence-electron chi connectivity index (χ1n) is 7.83. The second-order valence-corrected chi connectivity index (χ2v) is 6.72. The molecule has 0 radical (unpaired) electrons. The minimum Gasteiger partial charge on any atom is -0.444 e. The van der Waals surface area contributed by atoms with Crippen molar-refractivity contribution in [3.63, 3.8) is 0 Å². The average molecular weight is 317 g/mol. The van der Waals surface area contributed by atoms with Crippen molar-refractivity contribution < 1.29 is 9.53 Å². The summed E-state index contributed by atoms with van der Waals surface area (Å²) in [5.74, 6) is 0.970. The van der Waals surface area contributed by atoms with Crippen molar-refractivity contribution in [1.29, 1.82) is 5.26 Å². The Morgan fingerprint density at radius 3 is 2.78 bits per heavy atom. The fourth-order valence-corrected chi connectivity index (χ4v) is 2.65. The van der Waals surface area contributed by atoms with Gasteiger partial charge in [-0.15, -0.1) is 0 Å². The summed E-state index contributed by atoms with van der Waals surface area (Å²) in [6, 6.07) is 2.17. The molecular weight excluding hydrogens is 294 g/mol. The molecule has 0 spiro atoms. The molecule has 7 nitrogen and oxygen atoms in total. The number of ether oxygens (including phenoxy) is 1. The minimum absolute atomic E-state index is 0.229. The molecule has 1 amide bonds. The molecule has 0 saturated heterocycles. The van der Waals surface area contributed by atoms with Gasteiger partial charge in [0.05, 0.1) is 12.4 Å². The van der Waals surface area contributed by atoms with E-state index in [1.807, 2.05) is 26.8 Å². The highest BCUT2D eigenvalue weighted by Gasteiger charge is 2.28. The molecule has 2 atom stereocenters. The molecule has 7 heteroatoms. The van der Waals surface area contributed by atoms with Gasteiger partial charge in [-0.25, -0.2) is 14.8 Å². The molecule has 0 aromatic carbocycles. The van der Waals surface area contributed by atoms with Gasteiger partial charge < -0.3 is 15.4 Å². The molecule has 1 saturated carbocycles. The van der Waals surface area contributed by atoms with E-state index in [-0.39, 0.29) is 12.1 Å². The average Bonchev–Trinajstić information content (AvgIpc) is 2.91. The Kier molecular flexibility index (Phi) is 5.37. The van der Waals surface area contributed by atoms with E-state index in [9.17, 15) is 4.79 Å². The largest absolute Gasteiger partial charge is 0.444 e. The number of nitrogens with one attached hydrogen (secondary N) is 2. The molecule has 0 aliphatic heterocycles. The van der Waals surface area contributed by atoms with Gasteiger partial charge in [-0.3, -0.25) is 0 Å². The second kappa shape index (κ2) is 7.27. The lowest BCUT2D eigenvalue weighted by molar-refractivity contribution is 0.0519. The van der Waals surface area contributed by atoms with Crippen molar-refractivity contribution >= 4 is 11.9 Å². The molecule has 2 unspecified atom stereocenters. The lowest BCUT2D eigenvalue weighted by atomic mass is 10.0. The highest BCUT2D eigenvalue weighted by atomic mass is 16.6. The van der Waals surface area contributed by atoms with Crippen LogP contribution in [0.3, 0.4) is 0 Å². The molecule has 2 rings (SSSR count). The third-order valence-corrected chi connectivity index (χ3v) is 3.67. The Labute approximate surface area is 136 Å². The van der Waals surface area contributed by atoms with Crippen molar-refractivity contribution in [2.24, 2.45) is 5.92 Å². The third-order valence-electron chi connectivity index (χ3n) is 3.67. The fourth-order valence-electron chi connectivity index (χ4n) is 2.65. The second-order valence-electron chi connectivity index (χ2n) is 6.72. The normalized spacial score (nSPS) is 20.6. The van der Waals surface area contributed by atoms with Crippen LogP contribution >= 0.6 is 0 Å². The summed E-state index contributed by atoms with van der Waals surface area (Å²) in [5.41, 5.74) is -0.194. The maximum Gasteiger partial charge on any atom is 0.407 e. The molecule has 2 N–H and O–H groups in total. The summed E-state index contributed by atoms with van der Waals surface area (Å²) in [6.07, 6.45) is 5.78. The SMILES string of the molecule is CC(C)(C)OC(=O)NCC1CCCC1Nc1cnc(C#N)cn1. The third kappa shape index (κ3) is 5.40. The van der Waals surface area contributed by atoms with E-state index in [1.54, 1.807) is 6.20 Å². The van der Waals surface area contributed by atoms with E-state index in [4.69, 9.17) is 10.00 Å². The predicted molar refractivity (Wildman–Crippen MR) is 85.7 cm³/mol. The van der Waals surface area contributed by atoms with Crippen LogP contribution in [0, 0.1) is 17.2 Å². The number of aromatic nitrogens is 2. The summed E-state index contributed by atoms with van der Waals surface area (Å²) in [6.45, 7) is 6.10. The zero-order valence-electron chi connectivity index (χ0n) is 13.8. The Bertz CT molecular complexity index is 574. The number of carbonyl (C=O) groups is 1. The molecule has 1 aromatic rings. The number of anilines is 1. The highest BCUT2D eigenvalue weighted by molar-refractivity contribution is 5.67. The van der Waals surface area contributed by atoms with Crippen LogP contribution in [0.2, 0.25) is 0 Å². The molecule has 1 aromatic heterocycles. The maximum atomic E-state index is 11.7. The summed E-state index contributed by atoms with van der Waals surface area (Å²) in [5, 5.41) is 14.9. The van der Waals surface area contributed by atoms with Gasteiger partial charge in [0.15, 0.2) is 5.69 Å². The van der Waals surface area contributed by atoms with Gasteiger partial charge in [0, 0.05) is 12.6 Å². The molecule has 1 heterocycles. The van der Waals surface area contributed by atoms with Crippen molar-refractivity contribution in [3.8, 4) is 6.07 Å².